The minimum Gasteiger partial charge on any atom is -0.452 e. The Kier molecular flexibility index (Phi) is 2.14. The number of hydrogen-bond donors (Lipinski definition) is 0. The van der Waals surface area contributed by atoms with E-state index < -0.39 is 0 Å². The van der Waals surface area contributed by atoms with E-state index in [4.69, 9.17) is 16.0 Å². The lowest BCUT2D eigenvalue weighted by molar-refractivity contribution is 0.110. The molecule has 0 fully saturated rings. The summed E-state index contributed by atoms with van der Waals surface area (Å²) in [5.74, 6) is 0.176. The average molecular weight is 259 g/mol. The molecule has 0 aliphatic heterocycles. The number of carbonyl (C=O) groups excluding carboxylic acids is 1. The monoisotopic (exact) mass is 258 g/mol. The fourth-order valence-corrected chi connectivity index (χ4v) is 1.71. The lowest BCUT2D eigenvalue weighted by Gasteiger charge is -1.88. The highest BCUT2D eigenvalue weighted by Gasteiger charge is 2.10. The van der Waals surface area contributed by atoms with Gasteiger partial charge in [0.05, 0.1) is 5.02 Å². The first-order valence-electron chi connectivity index (χ1n) is 3.55. The summed E-state index contributed by atoms with van der Waals surface area (Å²) in [5, 5.41) is 1.13. The maximum atomic E-state index is 10.5. The zero-order valence-corrected chi connectivity index (χ0v) is 8.72. The van der Waals surface area contributed by atoms with Crippen LogP contribution in [0.25, 0.3) is 11.0 Å². The van der Waals surface area contributed by atoms with E-state index in [1.807, 2.05) is 6.07 Å². The van der Waals surface area contributed by atoms with E-state index in [0.29, 0.717) is 16.9 Å². The van der Waals surface area contributed by atoms with Gasteiger partial charge in [0.25, 0.3) is 0 Å². The highest BCUT2D eigenvalue weighted by Crippen LogP contribution is 2.31. The van der Waals surface area contributed by atoms with Crippen molar-refractivity contribution < 1.29 is 9.21 Å². The van der Waals surface area contributed by atoms with Gasteiger partial charge in [-0.3, -0.25) is 4.79 Å². The van der Waals surface area contributed by atoms with Crippen LogP contribution in [0.1, 0.15) is 10.6 Å². The van der Waals surface area contributed by atoms with E-state index in [2.05, 4.69) is 15.9 Å². The number of hydrogen-bond acceptors (Lipinski definition) is 2. The molecule has 0 atom stereocenters. The first-order valence-corrected chi connectivity index (χ1v) is 4.72. The Morgan fingerprint density at radius 3 is 2.92 bits per heavy atom. The van der Waals surface area contributed by atoms with Crippen LogP contribution < -0.4 is 0 Å². The fraction of sp³-hybridized carbons (Fsp3) is 0. The second-order valence-electron chi connectivity index (χ2n) is 2.54. The van der Waals surface area contributed by atoms with Crippen LogP contribution >= 0.6 is 27.5 Å². The Morgan fingerprint density at radius 2 is 2.23 bits per heavy atom. The van der Waals surface area contributed by atoms with Crippen molar-refractivity contribution in [1.29, 1.82) is 0 Å². The van der Waals surface area contributed by atoms with Crippen LogP contribution in [0.4, 0.5) is 0 Å². The summed E-state index contributed by atoms with van der Waals surface area (Å²) in [7, 11) is 0. The van der Waals surface area contributed by atoms with Crippen molar-refractivity contribution in [2.45, 2.75) is 0 Å². The van der Waals surface area contributed by atoms with E-state index >= 15 is 0 Å². The third-order valence-electron chi connectivity index (χ3n) is 1.72. The molecule has 0 N–H and O–H groups in total. The number of halogens is 2. The molecular weight excluding hydrogens is 255 g/mol. The normalized spacial score (nSPS) is 10.6. The summed E-state index contributed by atoms with van der Waals surface area (Å²) >= 11 is 9.17. The molecule has 0 aliphatic rings. The molecule has 13 heavy (non-hydrogen) atoms. The molecule has 2 rings (SSSR count). The van der Waals surface area contributed by atoms with Gasteiger partial charge in [-0.05, 0) is 18.2 Å². The molecule has 0 unspecified atom stereocenters. The molecule has 0 bridgehead atoms. The third kappa shape index (κ3) is 1.38. The van der Waals surface area contributed by atoms with Gasteiger partial charge in [0, 0.05) is 9.86 Å². The average Bonchev–Trinajstić information content (AvgIpc) is 2.42. The quantitative estimate of drug-likeness (QED) is 0.732. The molecule has 0 saturated heterocycles. The minimum atomic E-state index is 0.176. The van der Waals surface area contributed by atoms with Crippen LogP contribution in [0, 0.1) is 0 Å². The first-order chi connectivity index (χ1) is 6.22. The lowest BCUT2D eigenvalue weighted by atomic mass is 10.2. The molecule has 0 radical (unpaired) electrons. The van der Waals surface area contributed by atoms with E-state index in [-0.39, 0.29) is 5.76 Å². The Balaban J connectivity index is 2.83. The van der Waals surface area contributed by atoms with Crippen molar-refractivity contribution in [3.63, 3.8) is 0 Å². The predicted molar refractivity (Wildman–Crippen MR) is 54.3 cm³/mol. The molecule has 4 heteroatoms. The Morgan fingerprint density at radius 1 is 1.46 bits per heavy atom. The first kappa shape index (κ1) is 8.78. The SMILES string of the molecule is O=Cc1oc2cc(Br)ccc2c1Cl. The predicted octanol–water partition coefficient (Wildman–Crippen LogP) is 3.66. The molecule has 0 amide bonds. The molecular formula is C9H4BrClO2. The number of rotatable bonds is 1. The van der Waals surface area contributed by atoms with E-state index in [0.717, 1.165) is 9.86 Å². The topological polar surface area (TPSA) is 30.2 Å². The minimum absolute atomic E-state index is 0.176. The molecule has 0 spiro atoms. The summed E-state index contributed by atoms with van der Waals surface area (Å²) in [6.45, 7) is 0. The van der Waals surface area contributed by atoms with Crippen molar-refractivity contribution in [3.8, 4) is 0 Å². The van der Waals surface area contributed by atoms with Crippen molar-refractivity contribution in [1.82, 2.24) is 0 Å². The molecule has 1 aromatic carbocycles. The molecule has 1 heterocycles. The molecule has 66 valence electrons. The molecule has 0 aliphatic carbocycles. The van der Waals surface area contributed by atoms with E-state index in [9.17, 15) is 4.79 Å². The maximum Gasteiger partial charge on any atom is 0.186 e. The Hall–Kier alpha value is -0.800. The van der Waals surface area contributed by atoms with Crippen LogP contribution in [0.3, 0.4) is 0 Å². The van der Waals surface area contributed by atoms with Crippen LogP contribution in [-0.2, 0) is 0 Å². The van der Waals surface area contributed by atoms with Crippen LogP contribution in [0.15, 0.2) is 27.1 Å². The standard InChI is InChI=1S/C9H4BrClO2/c10-5-1-2-6-7(3-5)13-8(4-12)9(6)11/h1-4H. The van der Waals surface area contributed by atoms with Gasteiger partial charge < -0.3 is 4.42 Å². The van der Waals surface area contributed by atoms with Gasteiger partial charge in [-0.25, -0.2) is 0 Å². The zero-order chi connectivity index (χ0) is 9.42. The largest absolute Gasteiger partial charge is 0.452 e. The molecule has 0 saturated carbocycles. The van der Waals surface area contributed by atoms with Crippen molar-refractivity contribution in [3.05, 3.63) is 33.5 Å². The summed E-state index contributed by atoms with van der Waals surface area (Å²) in [6, 6.07) is 5.42. The number of fused-ring (bicyclic) bond motifs is 1. The van der Waals surface area contributed by atoms with Crippen LogP contribution in [0.5, 0.6) is 0 Å². The van der Waals surface area contributed by atoms with E-state index in [1.165, 1.54) is 0 Å². The van der Waals surface area contributed by atoms with E-state index in [1.54, 1.807) is 12.1 Å². The van der Waals surface area contributed by atoms with Crippen molar-refractivity contribution in [2.24, 2.45) is 0 Å². The summed E-state index contributed by atoms with van der Waals surface area (Å²) in [5.41, 5.74) is 0.612. The van der Waals surface area contributed by atoms with Gasteiger partial charge in [-0.15, -0.1) is 0 Å². The van der Waals surface area contributed by atoms with Gasteiger partial charge in [0.15, 0.2) is 12.0 Å². The molecule has 1 aromatic heterocycles. The van der Waals surface area contributed by atoms with Crippen LogP contribution in [0.2, 0.25) is 5.02 Å². The van der Waals surface area contributed by atoms with Gasteiger partial charge in [0.2, 0.25) is 0 Å². The highest BCUT2D eigenvalue weighted by atomic mass is 79.9. The van der Waals surface area contributed by atoms with Crippen molar-refractivity contribution in [2.75, 3.05) is 0 Å². The number of furan rings is 1. The smallest absolute Gasteiger partial charge is 0.186 e. The number of aldehydes is 1. The fourth-order valence-electron chi connectivity index (χ4n) is 1.13. The highest BCUT2D eigenvalue weighted by molar-refractivity contribution is 9.10. The summed E-state index contributed by atoms with van der Waals surface area (Å²) in [6.07, 6.45) is 0.607. The van der Waals surface area contributed by atoms with Crippen molar-refractivity contribution >= 4 is 44.8 Å². The summed E-state index contributed by atoms with van der Waals surface area (Å²) < 4.78 is 6.09. The van der Waals surface area contributed by atoms with Crippen LogP contribution in [-0.4, -0.2) is 6.29 Å². The summed E-state index contributed by atoms with van der Waals surface area (Å²) in [4.78, 5) is 10.5. The molecule has 2 aromatic rings. The lowest BCUT2D eigenvalue weighted by Crippen LogP contribution is -1.70. The van der Waals surface area contributed by atoms with Gasteiger partial charge in [-0.1, -0.05) is 27.5 Å². The number of benzene rings is 1. The molecule has 2 nitrogen and oxygen atoms in total. The second-order valence-corrected chi connectivity index (χ2v) is 3.83. The number of carbonyl (C=O) groups is 1. The van der Waals surface area contributed by atoms with Gasteiger partial charge in [0.1, 0.15) is 5.58 Å². The Labute approximate surface area is 87.6 Å². The van der Waals surface area contributed by atoms with Gasteiger partial charge in [-0.2, -0.15) is 0 Å². The Bertz CT molecular complexity index is 476. The maximum absolute atomic E-state index is 10.5. The second kappa shape index (κ2) is 3.16. The zero-order valence-electron chi connectivity index (χ0n) is 6.38. The van der Waals surface area contributed by atoms with Gasteiger partial charge >= 0.3 is 0 Å². The third-order valence-corrected chi connectivity index (χ3v) is 2.61.